The molecule has 0 saturated carbocycles. The zero-order chi connectivity index (χ0) is 17.9. The number of halogens is 3. The van der Waals surface area contributed by atoms with Gasteiger partial charge in [0.05, 0.1) is 18.7 Å². The molecule has 0 aliphatic carbocycles. The molecule has 0 radical (unpaired) electrons. The summed E-state index contributed by atoms with van der Waals surface area (Å²) in [6, 6.07) is 5.02. The first-order valence-corrected chi connectivity index (χ1v) is 7.28. The molecule has 2 rings (SSSR count). The van der Waals surface area contributed by atoms with Crippen LogP contribution in [0.5, 0.6) is 5.75 Å². The van der Waals surface area contributed by atoms with Crippen molar-refractivity contribution < 1.29 is 22.7 Å². The maximum absolute atomic E-state index is 12.1. The van der Waals surface area contributed by atoms with Gasteiger partial charge in [-0.25, -0.2) is 0 Å². The molecular formula is C16H18F3N3O2. The van der Waals surface area contributed by atoms with Crippen LogP contribution >= 0.6 is 0 Å². The van der Waals surface area contributed by atoms with E-state index in [1.807, 2.05) is 20.9 Å². The quantitative estimate of drug-likeness (QED) is 0.909. The Morgan fingerprint density at radius 1 is 1.33 bits per heavy atom. The molecule has 0 bridgehead atoms. The molecule has 5 nitrogen and oxygen atoms in total. The van der Waals surface area contributed by atoms with Gasteiger partial charge in [-0.1, -0.05) is 12.1 Å². The van der Waals surface area contributed by atoms with E-state index in [-0.39, 0.29) is 24.1 Å². The second-order valence-electron chi connectivity index (χ2n) is 5.47. The highest BCUT2D eigenvalue weighted by Crippen LogP contribution is 2.23. The summed E-state index contributed by atoms with van der Waals surface area (Å²) < 4.78 is 41.8. The number of alkyl halides is 3. The smallest absolute Gasteiger partial charge is 0.406 e. The number of carbonyl (C=O) groups excluding carboxylic acids is 1. The van der Waals surface area contributed by atoms with E-state index in [2.05, 4.69) is 15.2 Å². The van der Waals surface area contributed by atoms with Gasteiger partial charge >= 0.3 is 6.36 Å². The lowest BCUT2D eigenvalue weighted by Crippen LogP contribution is -2.28. The number of benzene rings is 1. The fourth-order valence-corrected chi connectivity index (χ4v) is 2.31. The monoisotopic (exact) mass is 341 g/mol. The summed E-state index contributed by atoms with van der Waals surface area (Å²) in [5.74, 6) is -0.541. The maximum Gasteiger partial charge on any atom is 0.573 e. The molecule has 0 spiro atoms. The summed E-state index contributed by atoms with van der Waals surface area (Å²) in [5, 5.41) is 6.98. The van der Waals surface area contributed by atoms with Crippen LogP contribution in [0.3, 0.4) is 0 Å². The first-order chi connectivity index (χ1) is 11.2. The van der Waals surface area contributed by atoms with Crippen molar-refractivity contribution in [1.82, 2.24) is 15.1 Å². The minimum atomic E-state index is -4.73. The first kappa shape index (κ1) is 17.8. The van der Waals surface area contributed by atoms with Gasteiger partial charge in [0.1, 0.15) is 5.75 Å². The number of hydrogen-bond donors (Lipinski definition) is 1. The van der Waals surface area contributed by atoms with Crippen LogP contribution in [0, 0.1) is 6.92 Å². The van der Waals surface area contributed by atoms with Crippen molar-refractivity contribution in [3.63, 3.8) is 0 Å². The van der Waals surface area contributed by atoms with Gasteiger partial charge in [0.25, 0.3) is 0 Å². The van der Waals surface area contributed by atoms with Crippen LogP contribution in [-0.2, 0) is 18.3 Å². The third-order valence-electron chi connectivity index (χ3n) is 3.64. The fraction of sp³-hybridized carbons (Fsp3) is 0.375. The Morgan fingerprint density at radius 2 is 1.96 bits per heavy atom. The third kappa shape index (κ3) is 4.74. The number of rotatable bonds is 5. The standard InChI is InChI=1S/C16H18F3N3O2/c1-10(14-9-20-22(3)11(14)2)21-15(23)8-12-4-6-13(7-5-12)24-16(17,18)19/h4-7,9-10H,8H2,1-3H3,(H,21,23)/t10-/m0/s1. The molecule has 0 fully saturated rings. The molecule has 24 heavy (non-hydrogen) atoms. The largest absolute Gasteiger partial charge is 0.573 e. The van der Waals surface area contributed by atoms with Crippen LogP contribution in [-0.4, -0.2) is 22.1 Å². The number of hydrogen-bond acceptors (Lipinski definition) is 3. The van der Waals surface area contributed by atoms with Crippen molar-refractivity contribution in [3.8, 4) is 5.75 Å². The van der Waals surface area contributed by atoms with Crippen LogP contribution < -0.4 is 10.1 Å². The van der Waals surface area contributed by atoms with Crippen molar-refractivity contribution in [2.75, 3.05) is 0 Å². The van der Waals surface area contributed by atoms with E-state index in [4.69, 9.17) is 0 Å². The second kappa shape index (κ2) is 6.94. The predicted molar refractivity (Wildman–Crippen MR) is 81.3 cm³/mol. The number of nitrogens with zero attached hydrogens (tertiary/aromatic N) is 2. The van der Waals surface area contributed by atoms with Crippen molar-refractivity contribution in [2.24, 2.45) is 7.05 Å². The maximum atomic E-state index is 12.1. The van der Waals surface area contributed by atoms with E-state index < -0.39 is 6.36 Å². The van der Waals surface area contributed by atoms with Crippen molar-refractivity contribution >= 4 is 5.91 Å². The molecule has 0 unspecified atom stereocenters. The minimum absolute atomic E-state index is 0.0654. The molecule has 1 aromatic heterocycles. The highest BCUT2D eigenvalue weighted by atomic mass is 19.4. The Bertz CT molecular complexity index is 708. The summed E-state index contributed by atoms with van der Waals surface area (Å²) in [5.41, 5.74) is 2.47. The lowest BCUT2D eigenvalue weighted by molar-refractivity contribution is -0.274. The van der Waals surface area contributed by atoms with Crippen LogP contribution in [0.25, 0.3) is 0 Å². The van der Waals surface area contributed by atoms with Gasteiger partial charge in [-0.3, -0.25) is 9.48 Å². The topological polar surface area (TPSA) is 56.1 Å². The number of nitrogens with one attached hydrogen (secondary N) is 1. The first-order valence-electron chi connectivity index (χ1n) is 7.28. The van der Waals surface area contributed by atoms with E-state index in [0.29, 0.717) is 5.56 Å². The molecule has 130 valence electrons. The van der Waals surface area contributed by atoms with Crippen molar-refractivity contribution in [3.05, 3.63) is 47.3 Å². The summed E-state index contributed by atoms with van der Waals surface area (Å²) in [6.45, 7) is 3.76. The zero-order valence-corrected chi connectivity index (χ0v) is 13.5. The third-order valence-corrected chi connectivity index (χ3v) is 3.64. The SMILES string of the molecule is Cc1c([C@H](C)NC(=O)Cc2ccc(OC(F)(F)F)cc2)cnn1C. The average Bonchev–Trinajstić information content (AvgIpc) is 2.79. The Balaban J connectivity index is 1.93. The van der Waals surface area contributed by atoms with Crippen LogP contribution in [0.4, 0.5) is 13.2 Å². The summed E-state index contributed by atoms with van der Waals surface area (Å²) in [7, 11) is 1.82. The molecule has 1 atom stereocenters. The molecule has 1 aromatic carbocycles. The van der Waals surface area contributed by atoms with Gasteiger partial charge in [-0.05, 0) is 31.5 Å². The number of carbonyl (C=O) groups is 1. The highest BCUT2D eigenvalue weighted by molar-refractivity contribution is 5.79. The van der Waals surface area contributed by atoms with Crippen molar-refractivity contribution in [2.45, 2.75) is 32.7 Å². The molecule has 1 N–H and O–H groups in total. The molecule has 2 aromatic rings. The molecule has 1 amide bonds. The molecular weight excluding hydrogens is 323 g/mol. The number of aryl methyl sites for hydroxylation is 1. The Labute approximate surface area is 137 Å². The van der Waals surface area contributed by atoms with Crippen molar-refractivity contribution in [1.29, 1.82) is 0 Å². The van der Waals surface area contributed by atoms with Gasteiger partial charge in [-0.2, -0.15) is 5.10 Å². The number of aromatic nitrogens is 2. The predicted octanol–water partition coefficient (Wildman–Crippen LogP) is 3.05. The van der Waals surface area contributed by atoms with Gasteiger partial charge in [0, 0.05) is 18.3 Å². The molecule has 8 heteroatoms. The Kier molecular flexibility index (Phi) is 5.16. The van der Waals surface area contributed by atoms with Crippen LogP contribution in [0.15, 0.2) is 30.5 Å². The Morgan fingerprint density at radius 3 is 2.46 bits per heavy atom. The summed E-state index contributed by atoms with van der Waals surface area (Å²) in [4.78, 5) is 12.1. The Hall–Kier alpha value is -2.51. The minimum Gasteiger partial charge on any atom is -0.406 e. The molecule has 0 aliphatic heterocycles. The summed E-state index contributed by atoms with van der Waals surface area (Å²) in [6.07, 6.45) is -2.96. The van der Waals surface area contributed by atoms with Gasteiger partial charge in [0.15, 0.2) is 0 Å². The van der Waals surface area contributed by atoms with Gasteiger partial charge < -0.3 is 10.1 Å². The van der Waals surface area contributed by atoms with Crippen LogP contribution in [0.2, 0.25) is 0 Å². The molecule has 1 heterocycles. The normalized spacial score (nSPS) is 12.8. The van der Waals surface area contributed by atoms with Gasteiger partial charge in [-0.15, -0.1) is 13.2 Å². The van der Waals surface area contributed by atoms with E-state index >= 15 is 0 Å². The van der Waals surface area contributed by atoms with E-state index in [1.54, 1.807) is 10.9 Å². The molecule has 0 saturated heterocycles. The number of amides is 1. The highest BCUT2D eigenvalue weighted by Gasteiger charge is 2.30. The summed E-state index contributed by atoms with van der Waals surface area (Å²) >= 11 is 0. The molecule has 0 aliphatic rings. The fourth-order valence-electron chi connectivity index (χ4n) is 2.31. The second-order valence-corrected chi connectivity index (χ2v) is 5.47. The van der Waals surface area contributed by atoms with E-state index in [0.717, 1.165) is 11.3 Å². The van der Waals surface area contributed by atoms with E-state index in [1.165, 1.54) is 24.3 Å². The lowest BCUT2D eigenvalue weighted by atomic mass is 10.1. The van der Waals surface area contributed by atoms with Crippen LogP contribution in [0.1, 0.15) is 29.8 Å². The average molecular weight is 341 g/mol. The zero-order valence-electron chi connectivity index (χ0n) is 13.5. The number of ether oxygens (including phenoxy) is 1. The van der Waals surface area contributed by atoms with E-state index in [9.17, 15) is 18.0 Å². The van der Waals surface area contributed by atoms with Gasteiger partial charge in [0.2, 0.25) is 5.91 Å². The lowest BCUT2D eigenvalue weighted by Gasteiger charge is -2.14.